The molecule has 0 aliphatic carbocycles. The van der Waals surface area contributed by atoms with Crippen molar-refractivity contribution in [1.29, 1.82) is 0 Å². The molecule has 1 amide bonds. The van der Waals surface area contributed by atoms with Gasteiger partial charge in [-0.05, 0) is 12.8 Å². The molecule has 2 N–H and O–H groups in total. The predicted octanol–water partition coefficient (Wildman–Crippen LogP) is 1.95. The van der Waals surface area contributed by atoms with Crippen LogP contribution in [0.25, 0.3) is 0 Å². The number of amides is 1. The van der Waals surface area contributed by atoms with E-state index in [1.54, 1.807) is 19.0 Å². The Labute approximate surface area is 155 Å². The van der Waals surface area contributed by atoms with E-state index in [2.05, 4.69) is 34.6 Å². The molecule has 1 rings (SSSR count). The zero-order valence-electron chi connectivity index (χ0n) is 14.5. The van der Waals surface area contributed by atoms with Crippen molar-refractivity contribution in [3.05, 3.63) is 17.5 Å². The molecule has 0 radical (unpaired) electrons. The lowest BCUT2D eigenvalue weighted by molar-refractivity contribution is -0.128. The van der Waals surface area contributed by atoms with Gasteiger partial charge < -0.3 is 20.1 Å². The Kier molecular flexibility index (Phi) is 10.6. The number of aliphatic imine (C=N–C) groups is 1. The lowest BCUT2D eigenvalue weighted by Gasteiger charge is -2.13. The molecular formula is C15H28IN5O2. The first-order valence-electron chi connectivity index (χ1n) is 7.61. The van der Waals surface area contributed by atoms with Crippen LogP contribution in [0.4, 0.5) is 0 Å². The van der Waals surface area contributed by atoms with Gasteiger partial charge in [0.15, 0.2) is 11.7 Å². The third kappa shape index (κ3) is 8.19. The number of hydrogen-bond donors (Lipinski definition) is 2. The Morgan fingerprint density at radius 3 is 2.61 bits per heavy atom. The molecule has 0 unspecified atom stereocenters. The van der Waals surface area contributed by atoms with Crippen LogP contribution in [0.2, 0.25) is 0 Å². The van der Waals surface area contributed by atoms with Crippen molar-refractivity contribution in [1.82, 2.24) is 20.7 Å². The first-order chi connectivity index (χ1) is 10.4. The topological polar surface area (TPSA) is 82.8 Å². The number of guanidine groups is 1. The number of nitrogens with one attached hydrogen (secondary N) is 2. The van der Waals surface area contributed by atoms with E-state index in [1.807, 2.05) is 13.0 Å². The maximum absolute atomic E-state index is 11.5. The molecular weight excluding hydrogens is 409 g/mol. The van der Waals surface area contributed by atoms with Gasteiger partial charge in [0.1, 0.15) is 6.54 Å². The number of nitrogens with zero attached hydrogens (tertiary/aromatic N) is 3. The van der Waals surface area contributed by atoms with Gasteiger partial charge in [0, 0.05) is 39.7 Å². The summed E-state index contributed by atoms with van der Waals surface area (Å²) >= 11 is 0. The number of aromatic nitrogens is 1. The molecule has 1 heterocycles. The molecule has 0 bridgehead atoms. The molecule has 0 saturated heterocycles. The van der Waals surface area contributed by atoms with Crippen molar-refractivity contribution in [3.8, 4) is 0 Å². The Morgan fingerprint density at radius 2 is 2.09 bits per heavy atom. The van der Waals surface area contributed by atoms with Crippen LogP contribution < -0.4 is 10.6 Å². The van der Waals surface area contributed by atoms with E-state index in [4.69, 9.17) is 4.52 Å². The molecule has 8 heteroatoms. The van der Waals surface area contributed by atoms with Gasteiger partial charge in [-0.2, -0.15) is 0 Å². The van der Waals surface area contributed by atoms with E-state index in [-0.39, 0.29) is 29.9 Å². The van der Waals surface area contributed by atoms with Crippen molar-refractivity contribution in [2.45, 2.75) is 39.7 Å². The fourth-order valence-corrected chi connectivity index (χ4v) is 1.69. The summed E-state index contributed by atoms with van der Waals surface area (Å²) in [6, 6.07) is 1.92. The van der Waals surface area contributed by atoms with Gasteiger partial charge in [0.05, 0.1) is 5.69 Å². The maximum Gasteiger partial charge on any atom is 0.223 e. The molecule has 0 aliphatic rings. The van der Waals surface area contributed by atoms with Crippen molar-refractivity contribution in [3.63, 3.8) is 0 Å². The second-order valence-corrected chi connectivity index (χ2v) is 5.53. The first-order valence-corrected chi connectivity index (χ1v) is 7.61. The molecule has 1 aromatic rings. The quantitative estimate of drug-likeness (QED) is 0.387. The number of carbonyl (C=O) groups is 1. The highest BCUT2D eigenvalue weighted by Crippen LogP contribution is 2.14. The first kappa shape index (κ1) is 21.7. The highest BCUT2D eigenvalue weighted by atomic mass is 127. The van der Waals surface area contributed by atoms with E-state index >= 15 is 0 Å². The van der Waals surface area contributed by atoms with Crippen LogP contribution in [0.1, 0.15) is 44.6 Å². The largest absolute Gasteiger partial charge is 0.359 e. The van der Waals surface area contributed by atoms with Crippen LogP contribution in [0.5, 0.6) is 0 Å². The van der Waals surface area contributed by atoms with E-state index in [1.165, 1.54) is 0 Å². The zero-order valence-corrected chi connectivity index (χ0v) is 16.9. The summed E-state index contributed by atoms with van der Waals surface area (Å²) < 4.78 is 5.26. The number of carbonyl (C=O) groups excluding carboxylic acids is 1. The third-order valence-electron chi connectivity index (χ3n) is 3.04. The fraction of sp³-hybridized carbons (Fsp3) is 0.667. The summed E-state index contributed by atoms with van der Waals surface area (Å²) in [6.07, 6.45) is 0.428. The minimum atomic E-state index is 0. The van der Waals surface area contributed by atoms with Crippen molar-refractivity contribution < 1.29 is 9.32 Å². The number of hydrogen-bond acceptors (Lipinski definition) is 4. The average Bonchev–Trinajstić information content (AvgIpc) is 2.93. The zero-order chi connectivity index (χ0) is 16.5. The highest BCUT2D eigenvalue weighted by Gasteiger charge is 2.08. The molecule has 23 heavy (non-hydrogen) atoms. The summed E-state index contributed by atoms with van der Waals surface area (Å²) in [5.41, 5.74) is 0.930. The van der Waals surface area contributed by atoms with Gasteiger partial charge in [-0.25, -0.2) is 4.99 Å². The molecule has 0 atom stereocenters. The van der Waals surface area contributed by atoms with Gasteiger partial charge in [-0.1, -0.05) is 19.0 Å². The van der Waals surface area contributed by atoms with Crippen LogP contribution in [-0.4, -0.2) is 49.1 Å². The maximum atomic E-state index is 11.5. The lowest BCUT2D eigenvalue weighted by Crippen LogP contribution is -2.39. The Balaban J connectivity index is 0.00000484. The van der Waals surface area contributed by atoms with E-state index < -0.39 is 0 Å². The third-order valence-corrected chi connectivity index (χ3v) is 3.04. The second-order valence-electron chi connectivity index (χ2n) is 5.53. The SMILES string of the molecule is CCNC(=NCc1cc(C(C)C)no1)NCCC(=O)N(C)C.I. The van der Waals surface area contributed by atoms with Crippen LogP contribution in [0, 0.1) is 0 Å². The van der Waals surface area contributed by atoms with Gasteiger partial charge in [0.25, 0.3) is 0 Å². The average molecular weight is 437 g/mol. The molecule has 0 spiro atoms. The van der Waals surface area contributed by atoms with Crippen molar-refractivity contribution >= 4 is 35.8 Å². The Bertz CT molecular complexity index is 500. The fourth-order valence-electron chi connectivity index (χ4n) is 1.69. The van der Waals surface area contributed by atoms with Gasteiger partial charge in [0.2, 0.25) is 5.91 Å². The predicted molar refractivity (Wildman–Crippen MR) is 102 cm³/mol. The van der Waals surface area contributed by atoms with E-state index in [0.29, 0.717) is 31.4 Å². The Hall–Kier alpha value is -1.32. The summed E-state index contributed by atoms with van der Waals surface area (Å²) in [6.45, 7) is 7.83. The summed E-state index contributed by atoms with van der Waals surface area (Å²) in [5, 5.41) is 10.3. The second kappa shape index (κ2) is 11.3. The van der Waals surface area contributed by atoms with Crippen molar-refractivity contribution in [2.75, 3.05) is 27.2 Å². The standard InChI is InChI=1S/C15H27N5O2.HI/c1-6-16-15(17-8-7-14(21)20(4)5)18-10-12-9-13(11(2)3)19-22-12;/h9,11H,6-8,10H2,1-5H3,(H2,16,17,18);1H. The van der Waals surface area contributed by atoms with Crippen LogP contribution in [0.3, 0.4) is 0 Å². The Morgan fingerprint density at radius 1 is 1.39 bits per heavy atom. The van der Waals surface area contributed by atoms with Gasteiger partial charge in [-0.15, -0.1) is 24.0 Å². The van der Waals surface area contributed by atoms with Gasteiger partial charge in [-0.3, -0.25) is 4.79 Å². The molecule has 0 aromatic carbocycles. The minimum Gasteiger partial charge on any atom is -0.359 e. The van der Waals surface area contributed by atoms with E-state index in [0.717, 1.165) is 18.0 Å². The molecule has 0 saturated carbocycles. The molecule has 1 aromatic heterocycles. The van der Waals surface area contributed by atoms with E-state index in [9.17, 15) is 4.79 Å². The summed E-state index contributed by atoms with van der Waals surface area (Å²) in [5.74, 6) is 1.81. The minimum absolute atomic E-state index is 0. The number of rotatable bonds is 7. The highest BCUT2D eigenvalue weighted by molar-refractivity contribution is 14.0. The van der Waals surface area contributed by atoms with Crippen molar-refractivity contribution in [2.24, 2.45) is 4.99 Å². The normalized spacial score (nSPS) is 11.1. The lowest BCUT2D eigenvalue weighted by atomic mass is 10.1. The smallest absolute Gasteiger partial charge is 0.223 e. The van der Waals surface area contributed by atoms with Crippen LogP contribution >= 0.6 is 24.0 Å². The monoisotopic (exact) mass is 437 g/mol. The summed E-state index contributed by atoms with van der Waals surface area (Å²) in [7, 11) is 3.50. The molecule has 132 valence electrons. The molecule has 7 nitrogen and oxygen atoms in total. The van der Waals surface area contributed by atoms with Crippen LogP contribution in [-0.2, 0) is 11.3 Å². The van der Waals surface area contributed by atoms with Crippen LogP contribution in [0.15, 0.2) is 15.6 Å². The molecule has 0 fully saturated rings. The van der Waals surface area contributed by atoms with Gasteiger partial charge >= 0.3 is 0 Å². The summed E-state index contributed by atoms with van der Waals surface area (Å²) in [4.78, 5) is 17.5. The molecule has 0 aliphatic heterocycles. The number of halogens is 1.